The standard InChI is InChI=1S/C16H28O2/c1-13-5-9-16(17,11-13)14-6-10-18-15(12-14)7-3-2-4-8-15/h13-14,17H,2-12H2,1H3. The highest BCUT2D eigenvalue weighted by Crippen LogP contribution is 2.49. The summed E-state index contributed by atoms with van der Waals surface area (Å²) in [6.45, 7) is 3.16. The minimum atomic E-state index is -0.367. The number of ether oxygens (including phenoxy) is 1. The van der Waals surface area contributed by atoms with Crippen LogP contribution in [0, 0.1) is 11.8 Å². The molecule has 2 heteroatoms. The molecule has 104 valence electrons. The Balaban J connectivity index is 1.70. The first kappa shape index (κ1) is 12.9. The zero-order valence-electron chi connectivity index (χ0n) is 11.8. The topological polar surface area (TPSA) is 29.5 Å². The van der Waals surface area contributed by atoms with E-state index in [9.17, 15) is 5.11 Å². The van der Waals surface area contributed by atoms with Gasteiger partial charge in [0.2, 0.25) is 0 Å². The molecule has 0 bridgehead atoms. The third-order valence-electron chi connectivity index (χ3n) is 5.79. The number of hydrogen-bond donors (Lipinski definition) is 1. The predicted octanol–water partition coefficient (Wildman–Crippen LogP) is 3.67. The monoisotopic (exact) mass is 252 g/mol. The molecule has 3 fully saturated rings. The summed E-state index contributed by atoms with van der Waals surface area (Å²) >= 11 is 0. The maximum atomic E-state index is 10.9. The molecule has 1 N–H and O–H groups in total. The number of hydrogen-bond acceptors (Lipinski definition) is 2. The molecule has 3 atom stereocenters. The molecule has 1 aliphatic heterocycles. The van der Waals surface area contributed by atoms with Gasteiger partial charge < -0.3 is 9.84 Å². The van der Waals surface area contributed by atoms with Gasteiger partial charge in [-0.15, -0.1) is 0 Å². The van der Waals surface area contributed by atoms with Gasteiger partial charge in [0.25, 0.3) is 0 Å². The Bertz CT molecular complexity index is 290. The fraction of sp³-hybridized carbons (Fsp3) is 1.00. The van der Waals surface area contributed by atoms with Gasteiger partial charge in [-0.2, -0.15) is 0 Å². The van der Waals surface area contributed by atoms with E-state index in [1.54, 1.807) is 0 Å². The van der Waals surface area contributed by atoms with Crippen molar-refractivity contribution in [1.29, 1.82) is 0 Å². The Morgan fingerprint density at radius 2 is 1.78 bits per heavy atom. The Hall–Kier alpha value is -0.0800. The van der Waals surface area contributed by atoms with E-state index in [1.807, 2.05) is 0 Å². The van der Waals surface area contributed by atoms with Crippen LogP contribution in [0.2, 0.25) is 0 Å². The molecular weight excluding hydrogens is 224 g/mol. The van der Waals surface area contributed by atoms with Gasteiger partial charge in [0.15, 0.2) is 0 Å². The van der Waals surface area contributed by atoms with Crippen LogP contribution in [0.25, 0.3) is 0 Å². The van der Waals surface area contributed by atoms with E-state index in [0.29, 0.717) is 11.8 Å². The Labute approximate surface area is 111 Å². The lowest BCUT2D eigenvalue weighted by molar-refractivity contribution is -0.155. The molecule has 0 amide bonds. The molecule has 3 aliphatic rings. The first-order chi connectivity index (χ1) is 8.62. The predicted molar refractivity (Wildman–Crippen MR) is 72.5 cm³/mol. The maximum absolute atomic E-state index is 10.9. The van der Waals surface area contributed by atoms with E-state index < -0.39 is 0 Å². The average molecular weight is 252 g/mol. The van der Waals surface area contributed by atoms with Crippen LogP contribution in [0.15, 0.2) is 0 Å². The summed E-state index contributed by atoms with van der Waals surface area (Å²) in [5.41, 5.74) is -0.226. The molecule has 0 aromatic carbocycles. The summed E-state index contributed by atoms with van der Waals surface area (Å²) in [7, 11) is 0. The van der Waals surface area contributed by atoms with Crippen molar-refractivity contribution >= 4 is 0 Å². The highest BCUT2D eigenvalue weighted by atomic mass is 16.5. The summed E-state index contributed by atoms with van der Waals surface area (Å²) in [4.78, 5) is 0. The zero-order chi connectivity index (χ0) is 12.6. The van der Waals surface area contributed by atoms with Gasteiger partial charge in [0, 0.05) is 6.61 Å². The third kappa shape index (κ3) is 2.34. The van der Waals surface area contributed by atoms with Gasteiger partial charge in [0.05, 0.1) is 11.2 Å². The smallest absolute Gasteiger partial charge is 0.0686 e. The zero-order valence-corrected chi connectivity index (χ0v) is 11.8. The second kappa shape index (κ2) is 4.79. The molecule has 2 aliphatic carbocycles. The van der Waals surface area contributed by atoms with Crippen molar-refractivity contribution < 1.29 is 9.84 Å². The van der Waals surface area contributed by atoms with Crippen LogP contribution in [0.4, 0.5) is 0 Å². The lowest BCUT2D eigenvalue weighted by Crippen LogP contribution is -2.48. The van der Waals surface area contributed by atoms with Crippen molar-refractivity contribution in [3.63, 3.8) is 0 Å². The minimum absolute atomic E-state index is 0.142. The second-order valence-corrected chi connectivity index (χ2v) is 7.23. The fourth-order valence-electron chi connectivity index (χ4n) is 4.71. The third-order valence-corrected chi connectivity index (χ3v) is 5.79. The van der Waals surface area contributed by atoms with Crippen molar-refractivity contribution in [3.05, 3.63) is 0 Å². The molecule has 3 rings (SSSR count). The normalized spacial score (nSPS) is 44.3. The van der Waals surface area contributed by atoms with Crippen LogP contribution < -0.4 is 0 Å². The van der Waals surface area contributed by atoms with Crippen molar-refractivity contribution in [2.24, 2.45) is 11.8 Å². The molecule has 0 radical (unpaired) electrons. The van der Waals surface area contributed by atoms with Crippen LogP contribution in [-0.2, 0) is 4.74 Å². The number of rotatable bonds is 1. The van der Waals surface area contributed by atoms with Crippen LogP contribution in [0.5, 0.6) is 0 Å². The molecule has 1 spiro atoms. The Morgan fingerprint density at radius 1 is 1.00 bits per heavy atom. The van der Waals surface area contributed by atoms with Crippen LogP contribution in [0.1, 0.15) is 71.1 Å². The van der Waals surface area contributed by atoms with Gasteiger partial charge in [-0.1, -0.05) is 26.2 Å². The van der Waals surface area contributed by atoms with Gasteiger partial charge in [0.1, 0.15) is 0 Å². The second-order valence-electron chi connectivity index (χ2n) is 7.23. The summed E-state index contributed by atoms with van der Waals surface area (Å²) in [6, 6.07) is 0. The number of aliphatic hydroxyl groups is 1. The first-order valence-electron chi connectivity index (χ1n) is 7.98. The summed E-state index contributed by atoms with van der Waals surface area (Å²) < 4.78 is 6.16. The lowest BCUT2D eigenvalue weighted by atomic mass is 9.70. The lowest BCUT2D eigenvalue weighted by Gasteiger charge is -2.47. The largest absolute Gasteiger partial charge is 0.390 e. The van der Waals surface area contributed by atoms with Gasteiger partial charge >= 0.3 is 0 Å². The van der Waals surface area contributed by atoms with Crippen LogP contribution in [-0.4, -0.2) is 22.9 Å². The molecule has 0 aromatic heterocycles. The van der Waals surface area contributed by atoms with E-state index in [0.717, 1.165) is 32.3 Å². The van der Waals surface area contributed by atoms with E-state index in [-0.39, 0.29) is 11.2 Å². The molecule has 1 saturated heterocycles. The van der Waals surface area contributed by atoms with Gasteiger partial charge in [-0.25, -0.2) is 0 Å². The van der Waals surface area contributed by atoms with Crippen molar-refractivity contribution in [3.8, 4) is 0 Å². The SMILES string of the molecule is CC1CCC(O)(C2CCOC3(CCCCC3)C2)C1. The Morgan fingerprint density at radius 3 is 2.44 bits per heavy atom. The summed E-state index contributed by atoms with van der Waals surface area (Å²) in [5, 5.41) is 10.9. The summed E-state index contributed by atoms with van der Waals surface area (Å²) in [5.74, 6) is 1.20. The summed E-state index contributed by atoms with van der Waals surface area (Å²) in [6.07, 6.45) is 11.9. The molecule has 2 saturated carbocycles. The minimum Gasteiger partial charge on any atom is -0.390 e. The van der Waals surface area contributed by atoms with E-state index in [2.05, 4.69) is 6.92 Å². The fourth-order valence-corrected chi connectivity index (χ4v) is 4.71. The maximum Gasteiger partial charge on any atom is 0.0686 e. The van der Waals surface area contributed by atoms with E-state index >= 15 is 0 Å². The first-order valence-corrected chi connectivity index (χ1v) is 7.98. The van der Waals surface area contributed by atoms with Crippen molar-refractivity contribution in [2.75, 3.05) is 6.61 Å². The highest BCUT2D eigenvalue weighted by Gasteiger charge is 2.48. The highest BCUT2D eigenvalue weighted by molar-refractivity contribution is 4.99. The molecule has 18 heavy (non-hydrogen) atoms. The molecular formula is C16H28O2. The van der Waals surface area contributed by atoms with E-state index in [1.165, 1.54) is 38.5 Å². The molecule has 0 aromatic rings. The van der Waals surface area contributed by atoms with Crippen LogP contribution in [0.3, 0.4) is 0 Å². The average Bonchev–Trinajstić information content (AvgIpc) is 2.72. The van der Waals surface area contributed by atoms with E-state index in [4.69, 9.17) is 4.74 Å². The van der Waals surface area contributed by atoms with Crippen LogP contribution >= 0.6 is 0 Å². The molecule has 2 nitrogen and oxygen atoms in total. The molecule has 3 unspecified atom stereocenters. The van der Waals surface area contributed by atoms with Gasteiger partial charge in [-0.05, 0) is 56.8 Å². The van der Waals surface area contributed by atoms with Crippen molar-refractivity contribution in [1.82, 2.24) is 0 Å². The van der Waals surface area contributed by atoms with Crippen molar-refractivity contribution in [2.45, 2.75) is 82.3 Å². The Kier molecular flexibility index (Phi) is 3.44. The molecule has 1 heterocycles. The quantitative estimate of drug-likeness (QED) is 0.771. The van der Waals surface area contributed by atoms with Gasteiger partial charge in [-0.3, -0.25) is 0 Å².